The Kier molecular flexibility index (Phi) is 4.47. The number of benzene rings is 1. The second-order valence-corrected chi connectivity index (χ2v) is 5.26. The molecule has 0 aliphatic carbocycles. The van der Waals surface area contributed by atoms with Gasteiger partial charge in [0.25, 0.3) is 5.91 Å². The summed E-state index contributed by atoms with van der Waals surface area (Å²) in [5, 5.41) is 12.8. The van der Waals surface area contributed by atoms with E-state index in [0.29, 0.717) is 5.02 Å². The Morgan fingerprint density at radius 1 is 1.52 bits per heavy atom. The molecule has 1 aliphatic rings. The fraction of sp³-hybridized carbons (Fsp3) is 0.357. The van der Waals surface area contributed by atoms with Gasteiger partial charge in [-0.1, -0.05) is 28.9 Å². The highest BCUT2D eigenvalue weighted by molar-refractivity contribution is 6.36. The highest BCUT2D eigenvalue weighted by atomic mass is 35.5. The molecule has 0 spiro atoms. The second-order valence-electron chi connectivity index (χ2n) is 4.82. The number of carboxylic acid groups (broad SMARTS) is 1. The van der Waals surface area contributed by atoms with E-state index in [1.54, 1.807) is 19.2 Å². The maximum Gasteiger partial charge on any atom is 0.353 e. The van der Waals surface area contributed by atoms with Crippen LogP contribution in [-0.2, 0) is 14.4 Å². The molecule has 0 bridgehead atoms. The minimum Gasteiger partial charge on any atom is -0.477 e. The number of amides is 1. The van der Waals surface area contributed by atoms with E-state index in [1.807, 2.05) is 19.1 Å². The van der Waals surface area contributed by atoms with E-state index >= 15 is 0 Å². The molecule has 0 saturated heterocycles. The van der Waals surface area contributed by atoms with Gasteiger partial charge in [-0.3, -0.25) is 4.79 Å². The SMILES string of the molecule is CC(c1cccc(Cl)c1)N(C)C(=O)C1CC(C(=O)O)=NO1. The van der Waals surface area contributed by atoms with Crippen molar-refractivity contribution in [3.05, 3.63) is 34.9 Å². The highest BCUT2D eigenvalue weighted by Crippen LogP contribution is 2.24. The fourth-order valence-electron chi connectivity index (χ4n) is 2.04. The van der Waals surface area contributed by atoms with Crippen molar-refractivity contribution in [2.45, 2.75) is 25.5 Å². The van der Waals surface area contributed by atoms with Crippen LogP contribution in [-0.4, -0.2) is 40.7 Å². The summed E-state index contributed by atoms with van der Waals surface area (Å²) in [6.07, 6.45) is -0.913. The zero-order chi connectivity index (χ0) is 15.6. The molecule has 1 aromatic rings. The average molecular weight is 311 g/mol. The Morgan fingerprint density at radius 3 is 2.81 bits per heavy atom. The molecule has 1 aromatic carbocycles. The lowest BCUT2D eigenvalue weighted by molar-refractivity contribution is -0.142. The lowest BCUT2D eigenvalue weighted by Gasteiger charge is -2.27. The van der Waals surface area contributed by atoms with Crippen LogP contribution in [0.2, 0.25) is 5.02 Å². The number of carboxylic acids is 1. The van der Waals surface area contributed by atoms with Crippen LogP contribution in [0.5, 0.6) is 0 Å². The molecule has 0 radical (unpaired) electrons. The van der Waals surface area contributed by atoms with E-state index in [-0.39, 0.29) is 24.1 Å². The molecular formula is C14H15ClN2O4. The van der Waals surface area contributed by atoms with Gasteiger partial charge < -0.3 is 14.8 Å². The number of aliphatic carboxylic acids is 1. The maximum absolute atomic E-state index is 12.3. The number of carbonyl (C=O) groups is 2. The standard InChI is InChI=1S/C14H15ClN2O4/c1-8(9-4-3-5-10(15)6-9)17(2)13(18)12-7-11(14(19)20)16-21-12/h3-6,8,12H,7H2,1-2H3,(H,19,20). The van der Waals surface area contributed by atoms with Crippen molar-refractivity contribution in [2.75, 3.05) is 7.05 Å². The van der Waals surface area contributed by atoms with Gasteiger partial charge in [0.15, 0.2) is 5.71 Å². The summed E-state index contributed by atoms with van der Waals surface area (Å²) < 4.78 is 0. The van der Waals surface area contributed by atoms with Crippen LogP contribution in [0.3, 0.4) is 0 Å². The second kappa shape index (κ2) is 6.13. The number of carbonyl (C=O) groups excluding carboxylic acids is 1. The Bertz CT molecular complexity index is 602. The normalized spacial score (nSPS) is 18.6. The van der Waals surface area contributed by atoms with Crippen molar-refractivity contribution < 1.29 is 19.5 Å². The van der Waals surface area contributed by atoms with Crippen LogP contribution in [0, 0.1) is 0 Å². The lowest BCUT2D eigenvalue weighted by Crippen LogP contribution is -2.38. The fourth-order valence-corrected chi connectivity index (χ4v) is 2.24. The first-order valence-electron chi connectivity index (χ1n) is 6.38. The van der Waals surface area contributed by atoms with Gasteiger partial charge in [-0.15, -0.1) is 0 Å². The first-order chi connectivity index (χ1) is 9.90. The van der Waals surface area contributed by atoms with Crippen molar-refractivity contribution in [1.29, 1.82) is 0 Å². The number of rotatable bonds is 4. The zero-order valence-electron chi connectivity index (χ0n) is 11.6. The summed E-state index contributed by atoms with van der Waals surface area (Å²) in [7, 11) is 1.63. The van der Waals surface area contributed by atoms with Gasteiger partial charge in [-0.05, 0) is 24.6 Å². The van der Waals surface area contributed by atoms with Gasteiger partial charge in [0, 0.05) is 18.5 Å². The Labute approximate surface area is 126 Å². The first-order valence-corrected chi connectivity index (χ1v) is 6.76. The van der Waals surface area contributed by atoms with Crippen molar-refractivity contribution in [3.63, 3.8) is 0 Å². The molecule has 2 rings (SSSR count). The van der Waals surface area contributed by atoms with Crippen molar-refractivity contribution >= 4 is 29.2 Å². The largest absolute Gasteiger partial charge is 0.477 e. The molecule has 1 N–H and O–H groups in total. The summed E-state index contributed by atoms with van der Waals surface area (Å²) in [6.45, 7) is 1.86. The summed E-state index contributed by atoms with van der Waals surface area (Å²) in [6, 6.07) is 7.00. The van der Waals surface area contributed by atoms with E-state index in [4.69, 9.17) is 21.5 Å². The minimum atomic E-state index is -1.17. The third-order valence-electron chi connectivity index (χ3n) is 3.45. The predicted octanol–water partition coefficient (Wildman–Crippen LogP) is 2.09. The van der Waals surface area contributed by atoms with E-state index in [9.17, 15) is 9.59 Å². The molecule has 2 unspecified atom stereocenters. The topological polar surface area (TPSA) is 79.2 Å². The van der Waals surface area contributed by atoms with Crippen LogP contribution < -0.4 is 0 Å². The summed E-state index contributed by atoms with van der Waals surface area (Å²) >= 11 is 5.94. The maximum atomic E-state index is 12.3. The Balaban J connectivity index is 2.05. The van der Waals surface area contributed by atoms with Crippen LogP contribution in [0.4, 0.5) is 0 Å². The van der Waals surface area contributed by atoms with Gasteiger partial charge >= 0.3 is 5.97 Å². The molecule has 1 aliphatic heterocycles. The molecule has 0 fully saturated rings. The zero-order valence-corrected chi connectivity index (χ0v) is 12.4. The van der Waals surface area contributed by atoms with Crippen LogP contribution in [0.1, 0.15) is 24.9 Å². The van der Waals surface area contributed by atoms with E-state index in [1.165, 1.54) is 4.90 Å². The Morgan fingerprint density at radius 2 is 2.24 bits per heavy atom. The number of likely N-dealkylation sites (N-methyl/N-ethyl adjacent to an activating group) is 1. The molecule has 0 aromatic heterocycles. The number of hydrogen-bond acceptors (Lipinski definition) is 4. The molecule has 7 heteroatoms. The van der Waals surface area contributed by atoms with Gasteiger partial charge in [-0.25, -0.2) is 4.79 Å². The smallest absolute Gasteiger partial charge is 0.353 e. The summed E-state index contributed by atoms with van der Waals surface area (Å²) in [5.74, 6) is -1.49. The molecular weight excluding hydrogens is 296 g/mol. The van der Waals surface area contributed by atoms with Gasteiger partial charge in [0.1, 0.15) is 0 Å². The van der Waals surface area contributed by atoms with Crippen molar-refractivity contribution in [3.8, 4) is 0 Å². The van der Waals surface area contributed by atoms with Crippen molar-refractivity contribution in [2.24, 2.45) is 5.16 Å². The van der Waals surface area contributed by atoms with E-state index in [0.717, 1.165) is 5.56 Å². The molecule has 2 atom stereocenters. The third-order valence-corrected chi connectivity index (χ3v) is 3.69. The third kappa shape index (κ3) is 3.33. The van der Waals surface area contributed by atoms with E-state index < -0.39 is 12.1 Å². The first kappa shape index (κ1) is 15.3. The molecule has 21 heavy (non-hydrogen) atoms. The number of hydrogen-bond donors (Lipinski definition) is 1. The Hall–Kier alpha value is -2.08. The summed E-state index contributed by atoms with van der Waals surface area (Å²) in [4.78, 5) is 29.5. The number of halogens is 1. The average Bonchev–Trinajstić information content (AvgIpc) is 2.95. The quantitative estimate of drug-likeness (QED) is 0.923. The molecule has 1 heterocycles. The lowest BCUT2D eigenvalue weighted by atomic mass is 10.1. The van der Waals surface area contributed by atoms with Crippen LogP contribution >= 0.6 is 11.6 Å². The summed E-state index contributed by atoms with van der Waals surface area (Å²) in [5.41, 5.74) is 0.743. The number of oxime groups is 1. The minimum absolute atomic E-state index is 0.0270. The van der Waals surface area contributed by atoms with Gasteiger partial charge in [-0.2, -0.15) is 0 Å². The molecule has 6 nitrogen and oxygen atoms in total. The molecule has 112 valence electrons. The highest BCUT2D eigenvalue weighted by Gasteiger charge is 2.34. The van der Waals surface area contributed by atoms with E-state index in [2.05, 4.69) is 5.16 Å². The van der Waals surface area contributed by atoms with Crippen LogP contribution in [0.25, 0.3) is 0 Å². The van der Waals surface area contributed by atoms with Gasteiger partial charge in [0.05, 0.1) is 6.04 Å². The monoisotopic (exact) mass is 310 g/mol. The molecule has 1 amide bonds. The van der Waals surface area contributed by atoms with Crippen LogP contribution in [0.15, 0.2) is 29.4 Å². The predicted molar refractivity (Wildman–Crippen MR) is 77.2 cm³/mol. The molecule has 0 saturated carbocycles. The van der Waals surface area contributed by atoms with Gasteiger partial charge in [0.2, 0.25) is 6.10 Å². The van der Waals surface area contributed by atoms with Crippen molar-refractivity contribution in [1.82, 2.24) is 4.90 Å². The number of nitrogens with zero attached hydrogens (tertiary/aromatic N) is 2.